The lowest BCUT2D eigenvalue weighted by molar-refractivity contribution is 0.0224. The minimum atomic E-state index is -0.489. The molecule has 0 saturated heterocycles. The minimum Gasteiger partial charge on any atom is -0.444 e. The van der Waals surface area contributed by atoms with E-state index >= 15 is 0 Å². The number of benzene rings is 1. The van der Waals surface area contributed by atoms with Crippen LogP contribution in [0.4, 0.5) is 16.2 Å². The molecule has 1 aliphatic heterocycles. The van der Waals surface area contributed by atoms with E-state index in [1.54, 1.807) is 4.90 Å². The van der Waals surface area contributed by atoms with E-state index in [1.807, 2.05) is 39.0 Å². The smallest absolute Gasteiger partial charge is 0.410 e. The number of nitrogens with one attached hydrogen (secondary N) is 1. The standard InChI is InChI=1S/C19H29N3O2/c1-5-6-7-11-21-17-9-8-16(20)15-13-22(12-10-14(15)17)18(23)24-19(2,3)4/h5,8-9,21H,1,6-7,10-13,20H2,2-4H3. The maximum Gasteiger partial charge on any atom is 0.410 e. The van der Waals surface area contributed by atoms with Gasteiger partial charge in [0.15, 0.2) is 0 Å². The number of unbranched alkanes of at least 4 members (excludes halogenated alkanes) is 1. The molecule has 2 rings (SSSR count). The number of nitrogens with zero attached hydrogens (tertiary/aromatic N) is 1. The maximum absolute atomic E-state index is 12.3. The lowest BCUT2D eigenvalue weighted by Gasteiger charge is -2.32. The van der Waals surface area contributed by atoms with E-state index in [2.05, 4.69) is 11.9 Å². The zero-order chi connectivity index (χ0) is 17.7. The Hall–Kier alpha value is -2.17. The molecule has 24 heavy (non-hydrogen) atoms. The lowest BCUT2D eigenvalue weighted by Crippen LogP contribution is -2.40. The molecule has 1 aromatic rings. The molecule has 1 aliphatic rings. The van der Waals surface area contributed by atoms with E-state index in [-0.39, 0.29) is 6.09 Å². The molecule has 0 radical (unpaired) electrons. The number of fused-ring (bicyclic) bond motifs is 1. The minimum absolute atomic E-state index is 0.281. The highest BCUT2D eigenvalue weighted by atomic mass is 16.6. The molecule has 0 saturated carbocycles. The van der Waals surface area contributed by atoms with Crippen molar-refractivity contribution < 1.29 is 9.53 Å². The first kappa shape index (κ1) is 18.2. The molecule has 0 bridgehead atoms. The zero-order valence-corrected chi connectivity index (χ0v) is 15.0. The fraction of sp³-hybridized carbons (Fsp3) is 0.526. The first-order chi connectivity index (χ1) is 11.3. The number of rotatable bonds is 5. The second-order valence-electron chi connectivity index (χ2n) is 7.17. The van der Waals surface area contributed by atoms with Crippen LogP contribution in [0.2, 0.25) is 0 Å². The fourth-order valence-corrected chi connectivity index (χ4v) is 2.82. The Morgan fingerprint density at radius 1 is 1.42 bits per heavy atom. The first-order valence-corrected chi connectivity index (χ1v) is 8.54. The van der Waals surface area contributed by atoms with Crippen molar-refractivity contribution in [2.45, 2.75) is 52.2 Å². The van der Waals surface area contributed by atoms with Gasteiger partial charge in [-0.2, -0.15) is 0 Å². The van der Waals surface area contributed by atoms with Gasteiger partial charge in [-0.25, -0.2) is 4.79 Å². The maximum atomic E-state index is 12.3. The van der Waals surface area contributed by atoms with Gasteiger partial charge in [-0.3, -0.25) is 0 Å². The van der Waals surface area contributed by atoms with Crippen LogP contribution >= 0.6 is 0 Å². The summed E-state index contributed by atoms with van der Waals surface area (Å²) in [6, 6.07) is 3.94. The Bertz CT molecular complexity index is 605. The highest BCUT2D eigenvalue weighted by Crippen LogP contribution is 2.31. The average Bonchev–Trinajstić information content (AvgIpc) is 2.51. The van der Waals surface area contributed by atoms with Gasteiger partial charge < -0.3 is 20.7 Å². The van der Waals surface area contributed by atoms with Gasteiger partial charge in [0.2, 0.25) is 0 Å². The summed E-state index contributed by atoms with van der Waals surface area (Å²) in [4.78, 5) is 14.0. The summed E-state index contributed by atoms with van der Waals surface area (Å²) in [6.45, 7) is 11.4. The molecule has 0 unspecified atom stereocenters. The predicted molar refractivity (Wildman–Crippen MR) is 99.1 cm³/mol. The number of nitrogens with two attached hydrogens (primary N) is 1. The summed E-state index contributed by atoms with van der Waals surface area (Å²) in [5.41, 5.74) is 9.76. The number of hydrogen-bond acceptors (Lipinski definition) is 4. The van der Waals surface area contributed by atoms with E-state index in [0.29, 0.717) is 13.1 Å². The number of amides is 1. The Morgan fingerprint density at radius 3 is 2.83 bits per heavy atom. The van der Waals surface area contributed by atoms with Crippen molar-refractivity contribution in [3.8, 4) is 0 Å². The molecule has 0 atom stereocenters. The van der Waals surface area contributed by atoms with Crippen molar-refractivity contribution in [1.29, 1.82) is 0 Å². The number of carbonyl (C=O) groups is 1. The van der Waals surface area contributed by atoms with Crippen molar-refractivity contribution >= 4 is 17.5 Å². The molecule has 0 spiro atoms. The van der Waals surface area contributed by atoms with E-state index in [1.165, 1.54) is 5.56 Å². The second-order valence-corrected chi connectivity index (χ2v) is 7.17. The molecular weight excluding hydrogens is 302 g/mol. The summed E-state index contributed by atoms with van der Waals surface area (Å²) in [6.07, 6.45) is 4.47. The summed E-state index contributed by atoms with van der Waals surface area (Å²) in [5.74, 6) is 0. The van der Waals surface area contributed by atoms with Crippen LogP contribution in [0, 0.1) is 0 Å². The number of anilines is 2. The Morgan fingerprint density at radius 2 is 2.17 bits per heavy atom. The molecule has 132 valence electrons. The van der Waals surface area contributed by atoms with E-state index < -0.39 is 5.60 Å². The van der Waals surface area contributed by atoms with Crippen LogP contribution in [0.5, 0.6) is 0 Å². The van der Waals surface area contributed by atoms with Crippen molar-refractivity contribution in [2.24, 2.45) is 0 Å². The Labute approximate surface area is 144 Å². The number of hydrogen-bond donors (Lipinski definition) is 2. The van der Waals surface area contributed by atoms with Crippen molar-refractivity contribution in [3.63, 3.8) is 0 Å². The van der Waals surface area contributed by atoms with Gasteiger partial charge >= 0.3 is 6.09 Å². The Kier molecular flexibility index (Phi) is 5.75. The van der Waals surface area contributed by atoms with E-state index in [4.69, 9.17) is 10.5 Å². The van der Waals surface area contributed by atoms with Gasteiger partial charge in [0.25, 0.3) is 0 Å². The lowest BCUT2D eigenvalue weighted by atomic mass is 9.96. The van der Waals surface area contributed by atoms with Crippen LogP contribution in [-0.4, -0.2) is 29.7 Å². The molecule has 1 amide bonds. The number of nitrogen functional groups attached to an aromatic ring is 1. The topological polar surface area (TPSA) is 67.6 Å². The summed E-state index contributed by atoms with van der Waals surface area (Å²) in [5, 5.41) is 3.48. The van der Waals surface area contributed by atoms with Gasteiger partial charge in [-0.1, -0.05) is 6.08 Å². The normalized spacial score (nSPS) is 14.0. The van der Waals surface area contributed by atoms with Gasteiger partial charge in [-0.15, -0.1) is 6.58 Å². The molecular formula is C19H29N3O2. The predicted octanol–water partition coefficient (Wildman–Crippen LogP) is 3.94. The molecule has 1 aromatic carbocycles. The largest absolute Gasteiger partial charge is 0.444 e. The van der Waals surface area contributed by atoms with Crippen LogP contribution < -0.4 is 11.1 Å². The summed E-state index contributed by atoms with van der Waals surface area (Å²) < 4.78 is 5.48. The fourth-order valence-electron chi connectivity index (χ4n) is 2.82. The quantitative estimate of drug-likeness (QED) is 0.487. The first-order valence-electron chi connectivity index (χ1n) is 8.54. The molecule has 3 N–H and O–H groups in total. The number of ether oxygens (including phenoxy) is 1. The van der Waals surface area contributed by atoms with Crippen molar-refractivity contribution in [3.05, 3.63) is 35.9 Å². The molecule has 0 aliphatic carbocycles. The molecule has 1 heterocycles. The van der Waals surface area contributed by atoms with Crippen LogP contribution in [0.3, 0.4) is 0 Å². The molecule has 5 heteroatoms. The molecule has 0 aromatic heterocycles. The van der Waals surface area contributed by atoms with Crippen molar-refractivity contribution in [2.75, 3.05) is 24.1 Å². The molecule has 0 fully saturated rings. The third-order valence-electron chi connectivity index (χ3n) is 4.00. The monoisotopic (exact) mass is 331 g/mol. The zero-order valence-electron chi connectivity index (χ0n) is 15.0. The molecule has 5 nitrogen and oxygen atoms in total. The summed E-state index contributed by atoms with van der Waals surface area (Å²) >= 11 is 0. The number of carbonyl (C=O) groups excluding carboxylic acids is 1. The number of allylic oxidation sites excluding steroid dienone is 1. The van der Waals surface area contributed by atoms with Gasteiger partial charge in [-0.05, 0) is 63.3 Å². The van der Waals surface area contributed by atoms with E-state index in [9.17, 15) is 4.79 Å². The summed E-state index contributed by atoms with van der Waals surface area (Å²) in [7, 11) is 0. The third kappa shape index (κ3) is 4.66. The van der Waals surface area contributed by atoms with Crippen LogP contribution in [0.15, 0.2) is 24.8 Å². The third-order valence-corrected chi connectivity index (χ3v) is 4.00. The highest BCUT2D eigenvalue weighted by molar-refractivity contribution is 5.71. The van der Waals surface area contributed by atoms with Crippen LogP contribution in [-0.2, 0) is 17.7 Å². The SMILES string of the molecule is C=CCCCNc1ccc(N)c2c1CCN(C(=O)OC(C)(C)C)C2. The average molecular weight is 331 g/mol. The van der Waals surface area contributed by atoms with Gasteiger partial charge in [0, 0.05) is 24.5 Å². The van der Waals surface area contributed by atoms with Crippen LogP contribution in [0.1, 0.15) is 44.7 Å². The van der Waals surface area contributed by atoms with Crippen molar-refractivity contribution in [1.82, 2.24) is 4.90 Å². The van der Waals surface area contributed by atoms with Crippen LogP contribution in [0.25, 0.3) is 0 Å². The van der Waals surface area contributed by atoms with Gasteiger partial charge in [0.05, 0.1) is 6.54 Å². The Balaban J connectivity index is 2.10. The van der Waals surface area contributed by atoms with E-state index in [0.717, 1.165) is 42.7 Å². The second kappa shape index (κ2) is 7.60. The highest BCUT2D eigenvalue weighted by Gasteiger charge is 2.27. The van der Waals surface area contributed by atoms with Gasteiger partial charge in [0.1, 0.15) is 5.60 Å².